The molecular formula is C10H20Si. The van der Waals surface area contributed by atoms with Crippen LogP contribution < -0.4 is 0 Å². The molecule has 0 N–H and O–H groups in total. The zero-order valence-corrected chi connectivity index (χ0v) is 9.28. The summed E-state index contributed by atoms with van der Waals surface area (Å²) in [4.78, 5) is 0. The number of terminal acetylenes is 1. The Kier molecular flexibility index (Phi) is 4.52. The zero-order valence-electron chi connectivity index (χ0n) is 8.28. The van der Waals surface area contributed by atoms with E-state index in [1.165, 1.54) is 19.3 Å². The van der Waals surface area contributed by atoms with Crippen molar-refractivity contribution in [2.75, 3.05) is 0 Å². The molecular weight excluding hydrogens is 148 g/mol. The lowest BCUT2D eigenvalue weighted by Gasteiger charge is -2.23. The van der Waals surface area contributed by atoms with E-state index in [1.54, 1.807) is 0 Å². The summed E-state index contributed by atoms with van der Waals surface area (Å²) < 4.78 is 0. The van der Waals surface area contributed by atoms with Crippen molar-refractivity contribution in [2.45, 2.75) is 51.4 Å². The summed E-state index contributed by atoms with van der Waals surface area (Å²) in [5.74, 6) is 2.94. The maximum atomic E-state index is 5.48. The number of unbranched alkanes of at least 4 members (excludes halogenated alkanes) is 1. The van der Waals surface area contributed by atoms with Crippen molar-refractivity contribution in [3.05, 3.63) is 0 Å². The molecule has 0 fully saturated rings. The van der Waals surface area contributed by atoms with Crippen LogP contribution in [0.4, 0.5) is 0 Å². The lowest BCUT2D eigenvalue weighted by molar-refractivity contribution is 0.724. The van der Waals surface area contributed by atoms with Gasteiger partial charge in [-0.15, -0.1) is 12.3 Å². The van der Waals surface area contributed by atoms with Gasteiger partial charge in [-0.25, -0.2) is 0 Å². The maximum absolute atomic E-state index is 5.48. The van der Waals surface area contributed by atoms with Crippen LogP contribution in [0, 0.1) is 12.3 Å². The van der Waals surface area contributed by atoms with Gasteiger partial charge in [-0.2, -0.15) is 0 Å². The first-order chi connectivity index (χ1) is 5.02. The zero-order chi connectivity index (χ0) is 8.91. The highest BCUT2D eigenvalue weighted by Gasteiger charge is 2.23. The van der Waals surface area contributed by atoms with Crippen LogP contribution in [0.5, 0.6) is 0 Å². The highest BCUT2D eigenvalue weighted by Crippen LogP contribution is 2.26. The average Bonchev–Trinajstić information content (AvgIpc) is 1.87. The van der Waals surface area contributed by atoms with E-state index in [4.69, 9.17) is 6.42 Å². The molecule has 0 aliphatic heterocycles. The molecule has 0 aromatic heterocycles. The monoisotopic (exact) mass is 168 g/mol. The summed E-state index contributed by atoms with van der Waals surface area (Å²) in [6, 6.07) is 0. The fourth-order valence-electron chi connectivity index (χ4n) is 1.17. The second-order valence-electron chi connectivity index (χ2n) is 4.23. The van der Waals surface area contributed by atoms with Crippen LogP contribution in [0.3, 0.4) is 0 Å². The van der Waals surface area contributed by atoms with Crippen LogP contribution in [-0.4, -0.2) is 8.07 Å². The Hall–Kier alpha value is -0.223. The second-order valence-corrected chi connectivity index (χ2v) is 9.66. The van der Waals surface area contributed by atoms with Crippen molar-refractivity contribution in [1.82, 2.24) is 0 Å². The van der Waals surface area contributed by atoms with Crippen LogP contribution in [0.15, 0.2) is 0 Å². The molecule has 0 aliphatic carbocycles. The predicted octanol–water partition coefficient (Wildman–Crippen LogP) is 3.52. The highest BCUT2D eigenvalue weighted by atomic mass is 28.3. The average molecular weight is 168 g/mol. The lowest BCUT2D eigenvalue weighted by atomic mass is 10.2. The van der Waals surface area contributed by atoms with E-state index in [0.29, 0.717) is 5.54 Å². The van der Waals surface area contributed by atoms with Crippen molar-refractivity contribution in [3.8, 4) is 12.3 Å². The van der Waals surface area contributed by atoms with Crippen molar-refractivity contribution in [1.29, 1.82) is 0 Å². The molecule has 1 heteroatoms. The van der Waals surface area contributed by atoms with E-state index in [2.05, 4.69) is 32.5 Å². The first kappa shape index (κ1) is 10.8. The highest BCUT2D eigenvalue weighted by molar-refractivity contribution is 6.78. The Bertz CT molecular complexity index is 136. The smallest absolute Gasteiger partial charge is 0.0612 e. The Morgan fingerprint density at radius 1 is 1.36 bits per heavy atom. The van der Waals surface area contributed by atoms with Crippen LogP contribution in [-0.2, 0) is 0 Å². The lowest BCUT2D eigenvalue weighted by Crippen LogP contribution is -2.26. The third kappa shape index (κ3) is 4.26. The van der Waals surface area contributed by atoms with Gasteiger partial charge >= 0.3 is 0 Å². The molecule has 0 heterocycles. The normalized spacial score (nSPS) is 14.1. The van der Waals surface area contributed by atoms with Crippen molar-refractivity contribution >= 4 is 8.07 Å². The minimum Gasteiger partial charge on any atom is -0.120 e. The molecule has 0 radical (unpaired) electrons. The molecule has 0 spiro atoms. The SMILES string of the molecule is C#CC(CCCC)[Si](C)(C)C. The second kappa shape index (κ2) is 4.61. The molecule has 1 atom stereocenters. The molecule has 0 aromatic carbocycles. The van der Waals surface area contributed by atoms with E-state index in [1.807, 2.05) is 0 Å². The van der Waals surface area contributed by atoms with Crippen LogP contribution >= 0.6 is 0 Å². The molecule has 0 aromatic rings. The predicted molar refractivity (Wildman–Crippen MR) is 55.5 cm³/mol. The van der Waals surface area contributed by atoms with Gasteiger partial charge in [0.2, 0.25) is 0 Å². The summed E-state index contributed by atoms with van der Waals surface area (Å²) in [5.41, 5.74) is 0.586. The summed E-state index contributed by atoms with van der Waals surface area (Å²) in [5, 5.41) is 0. The quantitative estimate of drug-likeness (QED) is 0.445. The number of hydrogen-bond acceptors (Lipinski definition) is 0. The van der Waals surface area contributed by atoms with E-state index >= 15 is 0 Å². The van der Waals surface area contributed by atoms with Gasteiger partial charge in [-0.1, -0.05) is 39.4 Å². The van der Waals surface area contributed by atoms with Gasteiger partial charge in [0.05, 0.1) is 8.07 Å². The van der Waals surface area contributed by atoms with Crippen molar-refractivity contribution in [2.24, 2.45) is 0 Å². The summed E-state index contributed by atoms with van der Waals surface area (Å²) in [6.07, 6.45) is 9.28. The fourth-order valence-corrected chi connectivity index (χ4v) is 2.74. The molecule has 0 aliphatic rings. The molecule has 0 amide bonds. The molecule has 64 valence electrons. The van der Waals surface area contributed by atoms with E-state index < -0.39 is 8.07 Å². The van der Waals surface area contributed by atoms with Gasteiger partial charge < -0.3 is 0 Å². The maximum Gasteiger partial charge on any atom is 0.0612 e. The molecule has 1 unspecified atom stereocenters. The Morgan fingerprint density at radius 3 is 2.18 bits per heavy atom. The number of hydrogen-bond donors (Lipinski definition) is 0. The minimum absolute atomic E-state index is 0.586. The Morgan fingerprint density at radius 2 is 1.91 bits per heavy atom. The van der Waals surface area contributed by atoms with Crippen molar-refractivity contribution in [3.63, 3.8) is 0 Å². The molecule has 0 saturated heterocycles. The van der Waals surface area contributed by atoms with Gasteiger partial charge in [-0.05, 0) is 6.42 Å². The molecule has 0 bridgehead atoms. The third-order valence-electron chi connectivity index (χ3n) is 2.09. The first-order valence-electron chi connectivity index (χ1n) is 4.48. The number of rotatable bonds is 4. The standard InChI is InChI=1S/C10H20Si/c1-6-8-9-10(7-2)11(3,4)5/h2,10H,6,8-9H2,1,3-5H3. The Balaban J connectivity index is 3.89. The van der Waals surface area contributed by atoms with Crippen LogP contribution in [0.25, 0.3) is 0 Å². The van der Waals surface area contributed by atoms with Gasteiger partial charge in [0.15, 0.2) is 0 Å². The molecule has 0 rings (SSSR count). The van der Waals surface area contributed by atoms with Gasteiger partial charge in [0, 0.05) is 5.54 Å². The largest absolute Gasteiger partial charge is 0.120 e. The minimum atomic E-state index is -1.06. The topological polar surface area (TPSA) is 0 Å². The van der Waals surface area contributed by atoms with Gasteiger partial charge in [-0.3, -0.25) is 0 Å². The molecule has 0 saturated carbocycles. The van der Waals surface area contributed by atoms with E-state index in [9.17, 15) is 0 Å². The summed E-state index contributed by atoms with van der Waals surface area (Å²) in [6.45, 7) is 9.28. The molecule has 11 heavy (non-hydrogen) atoms. The summed E-state index contributed by atoms with van der Waals surface area (Å²) >= 11 is 0. The first-order valence-corrected chi connectivity index (χ1v) is 8.06. The van der Waals surface area contributed by atoms with Crippen LogP contribution in [0.2, 0.25) is 25.2 Å². The Labute approximate surface area is 72.4 Å². The van der Waals surface area contributed by atoms with E-state index in [0.717, 1.165) is 0 Å². The van der Waals surface area contributed by atoms with Gasteiger partial charge in [0.1, 0.15) is 0 Å². The molecule has 0 nitrogen and oxygen atoms in total. The van der Waals surface area contributed by atoms with Gasteiger partial charge in [0.25, 0.3) is 0 Å². The third-order valence-corrected chi connectivity index (χ3v) is 4.64. The fraction of sp³-hybridized carbons (Fsp3) is 0.800. The van der Waals surface area contributed by atoms with E-state index in [-0.39, 0.29) is 0 Å². The summed E-state index contributed by atoms with van der Waals surface area (Å²) in [7, 11) is -1.06. The van der Waals surface area contributed by atoms with Crippen LogP contribution in [0.1, 0.15) is 26.2 Å². The van der Waals surface area contributed by atoms with Crippen molar-refractivity contribution < 1.29 is 0 Å².